The molecule has 0 aliphatic carbocycles. The number of carbonyl (C=O) groups excluding carboxylic acids is 2. The van der Waals surface area contributed by atoms with Crippen LogP contribution in [0.4, 0.5) is 4.79 Å². The Kier molecular flexibility index (Phi) is 13.3. The highest BCUT2D eigenvalue weighted by molar-refractivity contribution is 6.74. The molecule has 0 aromatic carbocycles. The van der Waals surface area contributed by atoms with E-state index in [0.717, 1.165) is 30.4 Å². The average molecular weight is 568 g/mol. The van der Waals surface area contributed by atoms with E-state index in [0.29, 0.717) is 25.3 Å². The van der Waals surface area contributed by atoms with Gasteiger partial charge in [-0.1, -0.05) is 27.7 Å². The number of aliphatic hydroxyl groups is 1. The number of aliphatic hydroxyl groups excluding tert-OH is 1. The van der Waals surface area contributed by atoms with Crippen LogP contribution in [-0.4, -0.2) is 66.7 Å². The van der Waals surface area contributed by atoms with E-state index < -0.39 is 26.1 Å². The Hall–Kier alpha value is -2.24. The molecule has 11 heteroatoms. The van der Waals surface area contributed by atoms with Gasteiger partial charge in [0.2, 0.25) is 8.32 Å². The van der Waals surface area contributed by atoms with E-state index in [1.165, 1.54) is 0 Å². The second-order valence-electron chi connectivity index (χ2n) is 12.8. The van der Waals surface area contributed by atoms with Gasteiger partial charge in [0, 0.05) is 38.7 Å². The highest BCUT2D eigenvalue weighted by Gasteiger charge is 2.38. The first kappa shape index (κ1) is 34.8. The van der Waals surface area contributed by atoms with Crippen LogP contribution in [0, 0.1) is 5.92 Å². The molecule has 2 unspecified atom stereocenters. The lowest BCUT2D eigenvalue weighted by Crippen LogP contribution is -2.47. The quantitative estimate of drug-likeness (QED) is 0.0723. The first-order valence-electron chi connectivity index (χ1n) is 14.0. The number of amides is 1. The standard InChI is InChI=1S/C28H53N5O5Si/c1-20(22(14-17-34)21(2)35)23-19-31-33(16-13-12-15-30-26(36)37-27(3,4)5)24(23)18-25(29-9)32-38-39(10,11)28(6,7)8/h17,19-22,35H,12-16,18H2,1-11H3,(H,29,32)(H,30,36)/t20-,21?,22?/m0/s1. The Labute approximate surface area is 236 Å². The van der Waals surface area contributed by atoms with Crippen molar-refractivity contribution < 1.29 is 24.0 Å². The lowest BCUT2D eigenvalue weighted by Gasteiger charge is -2.35. The Morgan fingerprint density at radius 1 is 1.21 bits per heavy atom. The van der Waals surface area contributed by atoms with Crippen LogP contribution in [0.5, 0.6) is 0 Å². The molecule has 0 saturated heterocycles. The van der Waals surface area contributed by atoms with Crippen LogP contribution >= 0.6 is 0 Å². The molecule has 1 aromatic heterocycles. The maximum absolute atomic E-state index is 11.9. The molecular formula is C28H53N5O5Si. The third-order valence-corrected chi connectivity index (χ3v) is 11.6. The van der Waals surface area contributed by atoms with Crippen molar-refractivity contribution in [2.24, 2.45) is 10.9 Å². The monoisotopic (exact) mass is 567 g/mol. The van der Waals surface area contributed by atoms with Crippen molar-refractivity contribution in [3.05, 3.63) is 17.5 Å². The summed E-state index contributed by atoms with van der Waals surface area (Å²) in [6, 6.07) is 0. The third kappa shape index (κ3) is 11.4. The number of aromatic nitrogens is 2. The zero-order chi connectivity index (χ0) is 30.0. The summed E-state index contributed by atoms with van der Waals surface area (Å²) in [4.78, 5) is 27.7. The fraction of sp³-hybridized carbons (Fsp3) is 0.786. The summed E-state index contributed by atoms with van der Waals surface area (Å²) in [7, 11) is -0.333. The van der Waals surface area contributed by atoms with E-state index in [9.17, 15) is 14.7 Å². The normalized spacial score (nSPS) is 15.4. The molecule has 0 bridgehead atoms. The summed E-state index contributed by atoms with van der Waals surface area (Å²) < 4.78 is 13.5. The summed E-state index contributed by atoms with van der Waals surface area (Å²) >= 11 is 0. The van der Waals surface area contributed by atoms with E-state index >= 15 is 0 Å². The fourth-order valence-corrected chi connectivity index (χ4v) is 4.58. The number of hydroxylamine groups is 1. The second kappa shape index (κ2) is 14.9. The minimum absolute atomic E-state index is 0.0347. The number of hydrogen-bond acceptors (Lipinski definition) is 7. The molecule has 39 heavy (non-hydrogen) atoms. The van der Waals surface area contributed by atoms with Gasteiger partial charge in [0.05, 0.1) is 12.3 Å². The number of aryl methyl sites for hydroxylation is 1. The molecule has 1 aromatic rings. The number of aliphatic imine (C=N–C) groups is 1. The highest BCUT2D eigenvalue weighted by Crippen LogP contribution is 2.36. The molecule has 1 heterocycles. The number of unbranched alkanes of at least 4 members (excludes halogenated alkanes) is 1. The third-order valence-electron chi connectivity index (χ3n) is 7.40. The molecule has 0 aliphatic heterocycles. The van der Waals surface area contributed by atoms with Gasteiger partial charge < -0.3 is 24.5 Å². The molecule has 1 rings (SSSR count). The van der Waals surface area contributed by atoms with Gasteiger partial charge in [-0.05, 0) is 76.1 Å². The van der Waals surface area contributed by atoms with Crippen molar-refractivity contribution in [1.29, 1.82) is 0 Å². The summed E-state index contributed by atoms with van der Waals surface area (Å²) in [5.74, 6) is 0.369. The van der Waals surface area contributed by atoms with E-state index in [1.54, 1.807) is 14.0 Å². The van der Waals surface area contributed by atoms with Crippen molar-refractivity contribution >= 4 is 26.5 Å². The van der Waals surface area contributed by atoms with Gasteiger partial charge in [-0.3, -0.25) is 15.2 Å². The molecule has 0 fully saturated rings. The molecule has 3 atom stereocenters. The maximum Gasteiger partial charge on any atom is 0.407 e. The number of alkyl carbamates (subject to hydrolysis) is 1. The lowest BCUT2D eigenvalue weighted by molar-refractivity contribution is -0.109. The molecule has 224 valence electrons. The van der Waals surface area contributed by atoms with Crippen LogP contribution in [0.2, 0.25) is 18.1 Å². The zero-order valence-corrected chi connectivity index (χ0v) is 27.1. The SMILES string of the molecule is CN=C(Cc1c([C@@H](C)C(CC=O)C(C)O)cnn1CCCCNC(=O)OC(C)(C)C)NO[Si](C)(C)C(C)(C)C. The number of ether oxygens (including phenoxy) is 1. The van der Waals surface area contributed by atoms with Gasteiger partial charge in [0.1, 0.15) is 17.7 Å². The number of carbonyl (C=O) groups is 2. The van der Waals surface area contributed by atoms with Crippen LogP contribution < -0.4 is 10.8 Å². The Morgan fingerprint density at radius 2 is 1.85 bits per heavy atom. The lowest BCUT2D eigenvalue weighted by atomic mass is 9.82. The van der Waals surface area contributed by atoms with Crippen molar-refractivity contribution in [3.8, 4) is 0 Å². The summed E-state index contributed by atoms with van der Waals surface area (Å²) in [5.41, 5.74) is 4.54. The number of rotatable bonds is 14. The van der Waals surface area contributed by atoms with Crippen LogP contribution in [0.25, 0.3) is 0 Å². The Balaban J connectivity index is 3.08. The number of nitrogens with one attached hydrogen (secondary N) is 2. The van der Waals surface area contributed by atoms with Crippen molar-refractivity contribution in [3.63, 3.8) is 0 Å². The van der Waals surface area contributed by atoms with Crippen LogP contribution in [0.1, 0.15) is 91.8 Å². The van der Waals surface area contributed by atoms with Gasteiger partial charge in [-0.15, -0.1) is 0 Å². The number of hydrogen-bond donors (Lipinski definition) is 3. The van der Waals surface area contributed by atoms with Crippen molar-refractivity contribution in [2.75, 3.05) is 13.6 Å². The fourth-order valence-electron chi connectivity index (χ4n) is 3.90. The van der Waals surface area contributed by atoms with Crippen molar-refractivity contribution in [1.82, 2.24) is 20.6 Å². The van der Waals surface area contributed by atoms with E-state index in [-0.39, 0.29) is 23.3 Å². The Bertz CT molecular complexity index is 947. The first-order chi connectivity index (χ1) is 17.9. The van der Waals surface area contributed by atoms with Crippen molar-refractivity contribution in [2.45, 2.75) is 123 Å². The molecular weight excluding hydrogens is 514 g/mol. The second-order valence-corrected chi connectivity index (χ2v) is 17.5. The van der Waals surface area contributed by atoms with Gasteiger partial charge in [-0.25, -0.2) is 4.79 Å². The van der Waals surface area contributed by atoms with E-state index in [4.69, 9.17) is 9.26 Å². The van der Waals surface area contributed by atoms with E-state index in [2.05, 4.69) is 54.8 Å². The molecule has 0 aliphatic rings. The van der Waals surface area contributed by atoms with Crippen LogP contribution in [0.3, 0.4) is 0 Å². The van der Waals surface area contributed by atoms with Crippen LogP contribution in [-0.2, 0) is 27.0 Å². The van der Waals surface area contributed by atoms with Gasteiger partial charge in [0.15, 0.2) is 0 Å². The number of amidine groups is 1. The van der Waals surface area contributed by atoms with Crippen LogP contribution in [0.15, 0.2) is 11.2 Å². The molecule has 3 N–H and O–H groups in total. The zero-order valence-electron chi connectivity index (χ0n) is 26.1. The Morgan fingerprint density at radius 3 is 2.36 bits per heavy atom. The molecule has 10 nitrogen and oxygen atoms in total. The maximum atomic E-state index is 11.9. The minimum atomic E-state index is -2.06. The first-order valence-corrected chi connectivity index (χ1v) is 16.9. The number of aldehydes is 1. The predicted molar refractivity (Wildman–Crippen MR) is 158 cm³/mol. The molecule has 1 amide bonds. The average Bonchev–Trinajstić information content (AvgIpc) is 3.19. The highest BCUT2D eigenvalue weighted by atomic mass is 28.4. The van der Waals surface area contributed by atoms with Gasteiger partial charge in [-0.2, -0.15) is 5.10 Å². The van der Waals surface area contributed by atoms with Gasteiger partial charge in [0.25, 0.3) is 0 Å². The number of nitrogens with zero attached hydrogens (tertiary/aromatic N) is 3. The molecule has 0 radical (unpaired) electrons. The summed E-state index contributed by atoms with van der Waals surface area (Å²) in [6.07, 6.45) is 3.92. The summed E-state index contributed by atoms with van der Waals surface area (Å²) in [5, 5.41) is 17.9. The summed E-state index contributed by atoms with van der Waals surface area (Å²) in [6.45, 7) is 21.3. The molecule has 0 saturated carbocycles. The van der Waals surface area contributed by atoms with E-state index in [1.807, 2.05) is 38.6 Å². The minimum Gasteiger partial charge on any atom is -0.444 e. The topological polar surface area (TPSA) is 127 Å². The molecule has 0 spiro atoms. The van der Waals surface area contributed by atoms with Gasteiger partial charge >= 0.3 is 6.09 Å². The largest absolute Gasteiger partial charge is 0.444 e. The predicted octanol–water partition coefficient (Wildman–Crippen LogP) is 4.97. The smallest absolute Gasteiger partial charge is 0.407 e.